The van der Waals surface area contributed by atoms with E-state index in [0.717, 1.165) is 24.2 Å². The number of anilines is 1. The summed E-state index contributed by atoms with van der Waals surface area (Å²) in [4.78, 5) is 11.9. The molecule has 2 rings (SSSR count). The summed E-state index contributed by atoms with van der Waals surface area (Å²) >= 11 is 0. The third-order valence-electron chi connectivity index (χ3n) is 3.90. The average molecular weight is 272 g/mol. The standard InChI is InChI=1S/C17H24N2O/c1-13(15-6-8-16(18)9-7-15)12-17(20)19-11-10-14-4-2-3-5-14/h4,6-9,13H,2-3,5,10-12,18H2,1H3,(H,19,20). The molecule has 1 aromatic rings. The van der Waals surface area contributed by atoms with Crippen molar-refractivity contribution in [1.29, 1.82) is 0 Å². The van der Waals surface area contributed by atoms with Crippen molar-refractivity contribution < 1.29 is 4.79 Å². The van der Waals surface area contributed by atoms with E-state index in [-0.39, 0.29) is 11.8 Å². The van der Waals surface area contributed by atoms with Gasteiger partial charge in [0, 0.05) is 18.7 Å². The van der Waals surface area contributed by atoms with Crippen molar-refractivity contribution in [1.82, 2.24) is 5.32 Å². The Balaban J connectivity index is 1.71. The lowest BCUT2D eigenvalue weighted by atomic mass is 9.97. The van der Waals surface area contributed by atoms with Gasteiger partial charge in [-0.2, -0.15) is 0 Å². The van der Waals surface area contributed by atoms with E-state index in [1.54, 1.807) is 0 Å². The minimum Gasteiger partial charge on any atom is -0.399 e. The molecule has 1 amide bonds. The first-order valence-corrected chi connectivity index (χ1v) is 7.45. The number of allylic oxidation sites excluding steroid dienone is 1. The largest absolute Gasteiger partial charge is 0.399 e. The molecule has 0 bridgehead atoms. The molecule has 0 saturated carbocycles. The van der Waals surface area contributed by atoms with Gasteiger partial charge in [-0.15, -0.1) is 0 Å². The monoisotopic (exact) mass is 272 g/mol. The molecule has 108 valence electrons. The fraction of sp³-hybridized carbons (Fsp3) is 0.471. The first-order valence-electron chi connectivity index (χ1n) is 7.45. The molecule has 3 N–H and O–H groups in total. The number of benzene rings is 1. The third-order valence-corrected chi connectivity index (χ3v) is 3.90. The van der Waals surface area contributed by atoms with Crippen LogP contribution in [0.5, 0.6) is 0 Å². The van der Waals surface area contributed by atoms with Gasteiger partial charge in [0.25, 0.3) is 0 Å². The summed E-state index contributed by atoms with van der Waals surface area (Å²) in [5.74, 6) is 0.356. The molecule has 0 radical (unpaired) electrons. The lowest BCUT2D eigenvalue weighted by Gasteiger charge is -2.12. The highest BCUT2D eigenvalue weighted by molar-refractivity contribution is 5.76. The van der Waals surface area contributed by atoms with Crippen LogP contribution in [0.25, 0.3) is 0 Å². The Morgan fingerprint density at radius 3 is 2.75 bits per heavy atom. The van der Waals surface area contributed by atoms with Crippen LogP contribution in [0.3, 0.4) is 0 Å². The smallest absolute Gasteiger partial charge is 0.220 e. The van der Waals surface area contributed by atoms with Gasteiger partial charge in [0.15, 0.2) is 0 Å². The van der Waals surface area contributed by atoms with E-state index in [1.807, 2.05) is 24.3 Å². The zero-order chi connectivity index (χ0) is 14.4. The SMILES string of the molecule is CC(CC(=O)NCCC1=CCCC1)c1ccc(N)cc1. The summed E-state index contributed by atoms with van der Waals surface area (Å²) in [6, 6.07) is 7.76. The van der Waals surface area contributed by atoms with Crippen molar-refractivity contribution in [2.75, 3.05) is 12.3 Å². The predicted octanol–water partition coefficient (Wildman–Crippen LogP) is 3.38. The number of nitrogens with two attached hydrogens (primary N) is 1. The average Bonchev–Trinajstić information content (AvgIpc) is 2.92. The summed E-state index contributed by atoms with van der Waals surface area (Å²) in [6.45, 7) is 2.84. The van der Waals surface area contributed by atoms with Crippen LogP contribution in [0.15, 0.2) is 35.9 Å². The maximum absolute atomic E-state index is 11.9. The van der Waals surface area contributed by atoms with Crippen molar-refractivity contribution in [3.63, 3.8) is 0 Å². The number of amides is 1. The Hall–Kier alpha value is -1.77. The van der Waals surface area contributed by atoms with Gasteiger partial charge in [0.05, 0.1) is 0 Å². The van der Waals surface area contributed by atoms with E-state index in [4.69, 9.17) is 5.73 Å². The first kappa shape index (κ1) is 14.6. The van der Waals surface area contributed by atoms with Gasteiger partial charge in [-0.05, 0) is 49.3 Å². The second-order valence-electron chi connectivity index (χ2n) is 5.63. The van der Waals surface area contributed by atoms with E-state index in [1.165, 1.54) is 24.8 Å². The predicted molar refractivity (Wildman–Crippen MR) is 83.4 cm³/mol. The van der Waals surface area contributed by atoms with Crippen molar-refractivity contribution in [3.8, 4) is 0 Å². The van der Waals surface area contributed by atoms with Gasteiger partial charge < -0.3 is 11.1 Å². The molecule has 20 heavy (non-hydrogen) atoms. The highest BCUT2D eigenvalue weighted by Gasteiger charge is 2.11. The van der Waals surface area contributed by atoms with E-state index >= 15 is 0 Å². The van der Waals surface area contributed by atoms with Crippen LogP contribution in [0.2, 0.25) is 0 Å². The minimum atomic E-state index is 0.132. The van der Waals surface area contributed by atoms with Crippen LogP contribution in [-0.2, 0) is 4.79 Å². The molecule has 1 aliphatic rings. The molecular formula is C17H24N2O. The Labute approximate surface area is 121 Å². The molecule has 3 nitrogen and oxygen atoms in total. The number of hydrogen-bond donors (Lipinski definition) is 2. The fourth-order valence-electron chi connectivity index (χ4n) is 2.62. The van der Waals surface area contributed by atoms with Gasteiger partial charge in [-0.3, -0.25) is 4.79 Å². The van der Waals surface area contributed by atoms with Crippen LogP contribution in [-0.4, -0.2) is 12.5 Å². The molecule has 0 spiro atoms. The molecule has 1 aliphatic carbocycles. The van der Waals surface area contributed by atoms with E-state index in [2.05, 4.69) is 18.3 Å². The van der Waals surface area contributed by atoms with Crippen LogP contribution < -0.4 is 11.1 Å². The van der Waals surface area contributed by atoms with Gasteiger partial charge in [0.1, 0.15) is 0 Å². The third kappa shape index (κ3) is 4.41. The first-order chi connectivity index (χ1) is 9.65. The molecule has 0 aromatic heterocycles. The molecule has 0 aliphatic heterocycles. The highest BCUT2D eigenvalue weighted by atomic mass is 16.1. The van der Waals surface area contributed by atoms with Crippen LogP contribution in [0, 0.1) is 0 Å². The van der Waals surface area contributed by atoms with Crippen LogP contribution in [0.1, 0.15) is 50.5 Å². The summed E-state index contributed by atoms with van der Waals surface area (Å²) in [5, 5.41) is 3.02. The fourth-order valence-corrected chi connectivity index (χ4v) is 2.62. The molecular weight excluding hydrogens is 248 g/mol. The second-order valence-corrected chi connectivity index (χ2v) is 5.63. The number of nitrogens with one attached hydrogen (secondary N) is 1. The number of carbonyl (C=O) groups is 1. The van der Waals surface area contributed by atoms with E-state index in [9.17, 15) is 4.79 Å². The summed E-state index contributed by atoms with van der Waals surface area (Å²) in [7, 11) is 0. The highest BCUT2D eigenvalue weighted by Crippen LogP contribution is 2.21. The van der Waals surface area contributed by atoms with Crippen LogP contribution >= 0.6 is 0 Å². The Kier molecular flexibility index (Phi) is 5.22. The molecule has 1 unspecified atom stereocenters. The molecule has 1 atom stereocenters. The number of rotatable bonds is 6. The van der Waals surface area contributed by atoms with Crippen LogP contribution in [0.4, 0.5) is 5.69 Å². The zero-order valence-corrected chi connectivity index (χ0v) is 12.2. The number of hydrogen-bond acceptors (Lipinski definition) is 2. The van der Waals surface area contributed by atoms with Gasteiger partial charge in [0.2, 0.25) is 5.91 Å². The van der Waals surface area contributed by atoms with Gasteiger partial charge in [-0.25, -0.2) is 0 Å². The number of carbonyl (C=O) groups excluding carboxylic acids is 1. The van der Waals surface area contributed by atoms with Crippen molar-refractivity contribution in [3.05, 3.63) is 41.5 Å². The maximum atomic E-state index is 11.9. The quantitative estimate of drug-likeness (QED) is 0.616. The lowest BCUT2D eigenvalue weighted by molar-refractivity contribution is -0.121. The van der Waals surface area contributed by atoms with E-state index in [0.29, 0.717) is 6.42 Å². The summed E-state index contributed by atoms with van der Waals surface area (Å²) in [6.07, 6.45) is 7.53. The van der Waals surface area contributed by atoms with Gasteiger partial charge in [-0.1, -0.05) is 30.7 Å². The second kappa shape index (κ2) is 7.13. The number of nitrogen functional groups attached to an aromatic ring is 1. The van der Waals surface area contributed by atoms with Crippen molar-refractivity contribution >= 4 is 11.6 Å². The lowest BCUT2D eigenvalue weighted by Crippen LogP contribution is -2.25. The van der Waals surface area contributed by atoms with Crippen molar-refractivity contribution in [2.24, 2.45) is 0 Å². The topological polar surface area (TPSA) is 55.1 Å². The van der Waals surface area contributed by atoms with E-state index < -0.39 is 0 Å². The molecule has 0 saturated heterocycles. The maximum Gasteiger partial charge on any atom is 0.220 e. The van der Waals surface area contributed by atoms with Crippen molar-refractivity contribution in [2.45, 2.75) is 44.9 Å². The Morgan fingerprint density at radius 1 is 1.35 bits per heavy atom. The summed E-state index contributed by atoms with van der Waals surface area (Å²) in [5.41, 5.74) is 9.09. The Morgan fingerprint density at radius 2 is 2.10 bits per heavy atom. The molecule has 3 heteroatoms. The molecule has 0 heterocycles. The summed E-state index contributed by atoms with van der Waals surface area (Å²) < 4.78 is 0. The molecule has 1 aromatic carbocycles. The van der Waals surface area contributed by atoms with Gasteiger partial charge >= 0.3 is 0 Å². The zero-order valence-electron chi connectivity index (χ0n) is 12.2. The normalized spacial score (nSPS) is 15.8. The molecule has 0 fully saturated rings. The minimum absolute atomic E-state index is 0.132. The Bertz CT molecular complexity index is 476.